The normalized spacial score (nSPS) is 10.8. The second-order valence-electron chi connectivity index (χ2n) is 7.69. The van der Waals surface area contributed by atoms with Crippen LogP contribution in [0.15, 0.2) is 88.6 Å². The number of carbonyl (C=O) groups is 1. The second-order valence-corrected chi connectivity index (χ2v) is 8.74. The summed E-state index contributed by atoms with van der Waals surface area (Å²) in [5.41, 5.74) is 4.37. The molecule has 0 saturated carbocycles. The maximum Gasteiger partial charge on any atom is 0.295 e. The van der Waals surface area contributed by atoms with Gasteiger partial charge in [0.15, 0.2) is 0 Å². The smallest absolute Gasteiger partial charge is 0.295 e. The van der Waals surface area contributed by atoms with Gasteiger partial charge in [0.1, 0.15) is 5.69 Å². The van der Waals surface area contributed by atoms with Crippen LogP contribution in [0.1, 0.15) is 27.2 Å². The highest BCUT2D eigenvalue weighted by molar-refractivity contribution is 7.98. The van der Waals surface area contributed by atoms with Crippen LogP contribution in [0.4, 0.5) is 5.69 Å². The Morgan fingerprint density at radius 3 is 2.22 bits per heavy atom. The van der Waals surface area contributed by atoms with Crippen LogP contribution in [0, 0.1) is 13.8 Å². The van der Waals surface area contributed by atoms with Crippen LogP contribution in [0.5, 0.6) is 0 Å². The molecule has 0 unspecified atom stereocenters. The third-order valence-corrected chi connectivity index (χ3v) is 6.52. The highest BCUT2D eigenvalue weighted by atomic mass is 32.2. The predicted octanol–water partition coefficient (Wildman–Crippen LogP) is 5.34. The van der Waals surface area contributed by atoms with Crippen molar-refractivity contribution in [3.05, 3.63) is 112 Å². The lowest BCUT2D eigenvalue weighted by molar-refractivity contribution is 0.102. The number of para-hydroxylation sites is 1. The zero-order chi connectivity index (χ0) is 22.7. The third-order valence-electron chi connectivity index (χ3n) is 5.44. The van der Waals surface area contributed by atoms with Crippen molar-refractivity contribution >= 4 is 23.4 Å². The van der Waals surface area contributed by atoms with Gasteiger partial charge in [-0.25, -0.2) is 4.68 Å². The standard InChI is InChI=1S/C26H25N3O2S/c1-18-9-15-23(16-10-18)32-17-20-11-13-21(14-12-20)25(30)27-24-19(2)28(3)29(26(24)31)22-7-5-4-6-8-22/h4-16H,17H2,1-3H3,(H,27,30). The lowest BCUT2D eigenvalue weighted by atomic mass is 10.1. The van der Waals surface area contributed by atoms with Crippen molar-refractivity contribution in [2.45, 2.75) is 24.5 Å². The topological polar surface area (TPSA) is 56.0 Å². The molecule has 32 heavy (non-hydrogen) atoms. The Labute approximate surface area is 191 Å². The fraction of sp³-hybridized carbons (Fsp3) is 0.154. The van der Waals surface area contributed by atoms with Gasteiger partial charge in [-0.3, -0.25) is 14.3 Å². The fourth-order valence-electron chi connectivity index (χ4n) is 3.45. The summed E-state index contributed by atoms with van der Waals surface area (Å²) >= 11 is 1.76. The van der Waals surface area contributed by atoms with Crippen molar-refractivity contribution in [3.63, 3.8) is 0 Å². The maximum absolute atomic E-state index is 13.0. The molecule has 4 rings (SSSR count). The summed E-state index contributed by atoms with van der Waals surface area (Å²) in [4.78, 5) is 27.0. The molecule has 0 aliphatic carbocycles. The van der Waals surface area contributed by atoms with Gasteiger partial charge in [-0.05, 0) is 55.8 Å². The zero-order valence-corrected chi connectivity index (χ0v) is 19.1. The number of benzene rings is 3. The Morgan fingerprint density at radius 1 is 0.906 bits per heavy atom. The summed E-state index contributed by atoms with van der Waals surface area (Å²) in [5.74, 6) is 0.526. The zero-order valence-electron chi connectivity index (χ0n) is 18.3. The first-order valence-corrected chi connectivity index (χ1v) is 11.4. The Bertz CT molecular complexity index is 1290. The lowest BCUT2D eigenvalue weighted by Gasteiger charge is -2.07. The summed E-state index contributed by atoms with van der Waals surface area (Å²) in [6, 6.07) is 25.3. The van der Waals surface area contributed by atoms with Crippen molar-refractivity contribution < 1.29 is 4.79 Å². The lowest BCUT2D eigenvalue weighted by Crippen LogP contribution is -2.22. The van der Waals surface area contributed by atoms with Crippen molar-refractivity contribution in [3.8, 4) is 5.69 Å². The van der Waals surface area contributed by atoms with Crippen LogP contribution in [-0.4, -0.2) is 15.3 Å². The highest BCUT2D eigenvalue weighted by Crippen LogP contribution is 2.23. The highest BCUT2D eigenvalue weighted by Gasteiger charge is 2.18. The SMILES string of the molecule is Cc1ccc(SCc2ccc(C(=O)Nc3c(C)n(C)n(-c4ccccc4)c3=O)cc2)cc1. The molecule has 0 bridgehead atoms. The summed E-state index contributed by atoms with van der Waals surface area (Å²) in [6.45, 7) is 3.90. The van der Waals surface area contributed by atoms with Gasteiger partial charge in [0.25, 0.3) is 11.5 Å². The van der Waals surface area contributed by atoms with Gasteiger partial charge in [-0.2, -0.15) is 0 Å². The van der Waals surface area contributed by atoms with Gasteiger partial charge in [0.05, 0.1) is 11.4 Å². The van der Waals surface area contributed by atoms with Gasteiger partial charge in [0.2, 0.25) is 0 Å². The van der Waals surface area contributed by atoms with E-state index in [9.17, 15) is 9.59 Å². The van der Waals surface area contributed by atoms with Gasteiger partial charge in [-0.1, -0.05) is 48.0 Å². The average Bonchev–Trinajstić information content (AvgIpc) is 3.02. The molecule has 0 atom stereocenters. The van der Waals surface area contributed by atoms with E-state index in [1.807, 2.05) is 49.4 Å². The molecule has 0 spiro atoms. The molecule has 0 radical (unpaired) electrons. The molecule has 3 aromatic carbocycles. The Balaban J connectivity index is 1.47. The Kier molecular flexibility index (Phi) is 6.32. The predicted molar refractivity (Wildman–Crippen MR) is 131 cm³/mol. The molecule has 5 nitrogen and oxygen atoms in total. The number of rotatable bonds is 6. The molecule has 1 aromatic heterocycles. The van der Waals surface area contributed by atoms with E-state index in [1.165, 1.54) is 10.5 Å². The number of amides is 1. The van der Waals surface area contributed by atoms with Crippen LogP contribution in [0.3, 0.4) is 0 Å². The minimum absolute atomic E-state index is 0.254. The summed E-state index contributed by atoms with van der Waals surface area (Å²) in [7, 11) is 1.81. The van der Waals surface area contributed by atoms with Crippen molar-refractivity contribution in [2.75, 3.05) is 5.32 Å². The third kappa shape index (κ3) is 4.55. The molecule has 0 fully saturated rings. The van der Waals surface area contributed by atoms with Gasteiger partial charge in [-0.15, -0.1) is 11.8 Å². The molecule has 1 amide bonds. The number of thioether (sulfide) groups is 1. The average molecular weight is 444 g/mol. The van der Waals surface area contributed by atoms with E-state index in [0.717, 1.165) is 17.0 Å². The largest absolute Gasteiger partial charge is 0.316 e. The van der Waals surface area contributed by atoms with Crippen LogP contribution in [0.25, 0.3) is 5.69 Å². The van der Waals surface area contributed by atoms with E-state index in [4.69, 9.17) is 0 Å². The van der Waals surface area contributed by atoms with E-state index in [2.05, 4.69) is 36.5 Å². The van der Waals surface area contributed by atoms with Crippen LogP contribution < -0.4 is 10.9 Å². The number of carbonyl (C=O) groups excluding carboxylic acids is 1. The summed E-state index contributed by atoms with van der Waals surface area (Å²) in [6.07, 6.45) is 0. The number of hydrogen-bond donors (Lipinski definition) is 1. The molecule has 162 valence electrons. The summed E-state index contributed by atoms with van der Waals surface area (Å²) in [5, 5.41) is 2.81. The van der Waals surface area contributed by atoms with Gasteiger partial charge >= 0.3 is 0 Å². The van der Waals surface area contributed by atoms with Crippen LogP contribution >= 0.6 is 11.8 Å². The molecular formula is C26H25N3O2S. The number of aryl methyl sites for hydroxylation is 1. The van der Waals surface area contributed by atoms with Crippen LogP contribution in [-0.2, 0) is 12.8 Å². The number of anilines is 1. The van der Waals surface area contributed by atoms with E-state index in [1.54, 1.807) is 40.3 Å². The van der Waals surface area contributed by atoms with Crippen LogP contribution in [0.2, 0.25) is 0 Å². The van der Waals surface area contributed by atoms with E-state index in [0.29, 0.717) is 16.9 Å². The molecule has 0 aliphatic heterocycles. The number of hydrogen-bond acceptors (Lipinski definition) is 3. The maximum atomic E-state index is 13.0. The first-order valence-electron chi connectivity index (χ1n) is 10.4. The monoisotopic (exact) mass is 443 g/mol. The van der Waals surface area contributed by atoms with Crippen molar-refractivity contribution in [2.24, 2.45) is 7.05 Å². The molecule has 6 heteroatoms. The molecule has 1 N–H and O–H groups in total. The molecule has 1 heterocycles. The minimum Gasteiger partial charge on any atom is -0.316 e. The summed E-state index contributed by atoms with van der Waals surface area (Å²) < 4.78 is 3.30. The number of nitrogens with one attached hydrogen (secondary N) is 1. The fourth-order valence-corrected chi connectivity index (χ4v) is 4.31. The molecule has 0 saturated heterocycles. The van der Waals surface area contributed by atoms with E-state index in [-0.39, 0.29) is 11.5 Å². The van der Waals surface area contributed by atoms with Gasteiger partial charge in [0, 0.05) is 23.3 Å². The van der Waals surface area contributed by atoms with Crippen molar-refractivity contribution in [1.82, 2.24) is 9.36 Å². The number of aromatic nitrogens is 2. The quantitative estimate of drug-likeness (QED) is 0.410. The first-order chi connectivity index (χ1) is 15.4. The minimum atomic E-state index is -0.297. The van der Waals surface area contributed by atoms with E-state index < -0.39 is 0 Å². The van der Waals surface area contributed by atoms with Gasteiger partial charge < -0.3 is 5.32 Å². The Morgan fingerprint density at radius 2 is 1.56 bits per heavy atom. The van der Waals surface area contributed by atoms with E-state index >= 15 is 0 Å². The second kappa shape index (κ2) is 9.32. The number of nitrogens with zero attached hydrogens (tertiary/aromatic N) is 2. The molecule has 4 aromatic rings. The Hall–Kier alpha value is -3.51. The molecule has 0 aliphatic rings. The van der Waals surface area contributed by atoms with Crippen molar-refractivity contribution in [1.29, 1.82) is 0 Å². The molecular weight excluding hydrogens is 418 g/mol. The first kappa shape index (κ1) is 21.7.